The quantitative estimate of drug-likeness (QED) is 0.304. The lowest BCUT2D eigenvalue weighted by Crippen LogP contribution is -1.92. The highest BCUT2D eigenvalue weighted by Crippen LogP contribution is 2.40. The summed E-state index contributed by atoms with van der Waals surface area (Å²) < 4.78 is 2.13. The molecule has 0 aliphatic heterocycles. The van der Waals surface area contributed by atoms with E-state index >= 15 is 0 Å². The highest BCUT2D eigenvalue weighted by atomic mass is 79.9. The van der Waals surface area contributed by atoms with Gasteiger partial charge in [-0.1, -0.05) is 80.4 Å². The molecule has 0 saturated heterocycles. The molecule has 3 aromatic carbocycles. The average molecular weight is 465 g/mol. The van der Waals surface area contributed by atoms with Crippen molar-refractivity contribution < 1.29 is 0 Å². The minimum atomic E-state index is 0.970. The number of aromatic nitrogens is 1. The number of rotatable bonds is 3. The van der Waals surface area contributed by atoms with E-state index in [-0.39, 0.29) is 0 Å². The van der Waals surface area contributed by atoms with Crippen LogP contribution in [0.15, 0.2) is 100 Å². The summed E-state index contributed by atoms with van der Waals surface area (Å²) in [4.78, 5) is 4.64. The van der Waals surface area contributed by atoms with E-state index in [4.69, 9.17) is 0 Å². The highest BCUT2D eigenvalue weighted by molar-refractivity contribution is 9.10. The van der Waals surface area contributed by atoms with Crippen LogP contribution < -0.4 is 0 Å². The van der Waals surface area contributed by atoms with Crippen LogP contribution in [0.2, 0.25) is 0 Å². The molecule has 0 spiro atoms. The molecule has 1 heterocycles. The highest BCUT2D eigenvalue weighted by Gasteiger charge is 2.15. The van der Waals surface area contributed by atoms with Gasteiger partial charge in [0, 0.05) is 20.7 Å². The molecule has 0 saturated carbocycles. The molecule has 0 atom stereocenters. The minimum Gasteiger partial charge on any atom is -0.256 e. The molecule has 26 heavy (non-hydrogen) atoms. The number of benzene rings is 3. The summed E-state index contributed by atoms with van der Waals surface area (Å²) >= 11 is 7.18. The second kappa shape index (κ2) is 7.56. The summed E-state index contributed by atoms with van der Waals surface area (Å²) in [6.07, 6.45) is 1.84. The molecule has 0 aliphatic carbocycles. The molecule has 1 aromatic heterocycles. The van der Waals surface area contributed by atoms with Crippen molar-refractivity contribution >= 4 is 31.9 Å². The van der Waals surface area contributed by atoms with Crippen LogP contribution in [-0.4, -0.2) is 4.98 Å². The first-order valence-corrected chi connectivity index (χ1v) is 9.87. The summed E-state index contributed by atoms with van der Waals surface area (Å²) in [5.41, 5.74) is 6.78. The van der Waals surface area contributed by atoms with Crippen molar-refractivity contribution in [2.45, 2.75) is 0 Å². The van der Waals surface area contributed by atoms with Crippen LogP contribution in [-0.2, 0) is 0 Å². The Hall–Kier alpha value is -2.23. The van der Waals surface area contributed by atoms with Gasteiger partial charge in [-0.2, -0.15) is 0 Å². The van der Waals surface area contributed by atoms with Gasteiger partial charge in [0.15, 0.2) is 0 Å². The Morgan fingerprint density at radius 2 is 1.15 bits per heavy atom. The Morgan fingerprint density at radius 1 is 0.577 bits per heavy atom. The van der Waals surface area contributed by atoms with Gasteiger partial charge in [0.2, 0.25) is 0 Å². The zero-order chi connectivity index (χ0) is 17.9. The van der Waals surface area contributed by atoms with E-state index in [1.807, 2.05) is 30.5 Å². The molecule has 0 unspecified atom stereocenters. The van der Waals surface area contributed by atoms with E-state index in [0.717, 1.165) is 31.3 Å². The van der Waals surface area contributed by atoms with E-state index in [9.17, 15) is 0 Å². The van der Waals surface area contributed by atoms with Crippen LogP contribution in [0.1, 0.15) is 0 Å². The summed E-state index contributed by atoms with van der Waals surface area (Å²) in [5.74, 6) is 0. The van der Waals surface area contributed by atoms with Crippen LogP contribution in [0.25, 0.3) is 33.5 Å². The molecule has 0 radical (unpaired) electrons. The van der Waals surface area contributed by atoms with Crippen LogP contribution in [0.5, 0.6) is 0 Å². The van der Waals surface area contributed by atoms with Crippen LogP contribution >= 0.6 is 31.9 Å². The Morgan fingerprint density at radius 3 is 1.65 bits per heavy atom. The zero-order valence-corrected chi connectivity index (χ0v) is 17.0. The van der Waals surface area contributed by atoms with E-state index in [0.29, 0.717) is 0 Å². The predicted octanol–water partition coefficient (Wildman–Crippen LogP) is 7.61. The fourth-order valence-electron chi connectivity index (χ4n) is 3.13. The Bertz CT molecular complexity index is 995. The van der Waals surface area contributed by atoms with Gasteiger partial charge in [-0.15, -0.1) is 0 Å². The number of nitrogens with zero attached hydrogens (tertiary/aromatic N) is 1. The lowest BCUT2D eigenvalue weighted by Gasteiger charge is -2.16. The van der Waals surface area contributed by atoms with Gasteiger partial charge in [0.05, 0.1) is 5.69 Å². The van der Waals surface area contributed by atoms with E-state index in [1.165, 1.54) is 11.1 Å². The van der Waals surface area contributed by atoms with Crippen molar-refractivity contribution in [1.82, 2.24) is 4.98 Å². The summed E-state index contributed by atoms with van der Waals surface area (Å²) in [6, 6.07) is 29.3. The first-order valence-electron chi connectivity index (χ1n) is 8.29. The lowest BCUT2D eigenvalue weighted by molar-refractivity contribution is 1.33. The SMILES string of the molecule is Brc1cccc(-c2cccc(-c3cccc(Br)c3)c2-c2ccccn2)c1. The fraction of sp³-hybridized carbons (Fsp3) is 0. The normalized spacial score (nSPS) is 10.7. The van der Waals surface area contributed by atoms with Gasteiger partial charge in [-0.3, -0.25) is 4.98 Å². The molecular weight excluding hydrogens is 450 g/mol. The second-order valence-electron chi connectivity index (χ2n) is 5.96. The molecular formula is C23H15Br2N. The minimum absolute atomic E-state index is 0.970. The van der Waals surface area contributed by atoms with Crippen molar-refractivity contribution in [2.24, 2.45) is 0 Å². The third-order valence-electron chi connectivity index (χ3n) is 4.26. The Labute approximate surface area is 170 Å². The summed E-state index contributed by atoms with van der Waals surface area (Å²) in [5, 5.41) is 0. The second-order valence-corrected chi connectivity index (χ2v) is 7.80. The lowest BCUT2D eigenvalue weighted by atomic mass is 9.90. The number of pyridine rings is 1. The van der Waals surface area contributed by atoms with Crippen molar-refractivity contribution in [3.63, 3.8) is 0 Å². The van der Waals surface area contributed by atoms with Crippen molar-refractivity contribution in [3.05, 3.63) is 100 Å². The van der Waals surface area contributed by atoms with E-state index < -0.39 is 0 Å². The molecule has 126 valence electrons. The maximum absolute atomic E-state index is 4.64. The summed E-state index contributed by atoms with van der Waals surface area (Å²) in [7, 11) is 0. The number of halogens is 2. The topological polar surface area (TPSA) is 12.9 Å². The molecule has 4 aromatic rings. The van der Waals surface area contributed by atoms with Crippen molar-refractivity contribution in [3.8, 4) is 33.5 Å². The van der Waals surface area contributed by atoms with Crippen LogP contribution in [0, 0.1) is 0 Å². The fourth-order valence-corrected chi connectivity index (χ4v) is 3.93. The monoisotopic (exact) mass is 463 g/mol. The van der Waals surface area contributed by atoms with Gasteiger partial charge in [0.25, 0.3) is 0 Å². The maximum atomic E-state index is 4.64. The van der Waals surface area contributed by atoms with E-state index in [2.05, 4.69) is 97.5 Å². The summed E-state index contributed by atoms with van der Waals surface area (Å²) in [6.45, 7) is 0. The van der Waals surface area contributed by atoms with Crippen LogP contribution in [0.4, 0.5) is 0 Å². The Kier molecular flexibility index (Phi) is 5.00. The molecule has 4 rings (SSSR count). The van der Waals surface area contributed by atoms with Gasteiger partial charge < -0.3 is 0 Å². The molecule has 0 N–H and O–H groups in total. The average Bonchev–Trinajstić information content (AvgIpc) is 2.68. The molecule has 3 heteroatoms. The zero-order valence-electron chi connectivity index (χ0n) is 13.9. The molecule has 0 bridgehead atoms. The largest absolute Gasteiger partial charge is 0.256 e. The number of hydrogen-bond acceptors (Lipinski definition) is 1. The first-order chi connectivity index (χ1) is 12.7. The molecule has 0 aliphatic rings. The van der Waals surface area contributed by atoms with Gasteiger partial charge in [-0.25, -0.2) is 0 Å². The van der Waals surface area contributed by atoms with Crippen molar-refractivity contribution in [2.75, 3.05) is 0 Å². The molecule has 0 amide bonds. The molecule has 0 fully saturated rings. The van der Waals surface area contributed by atoms with Crippen LogP contribution in [0.3, 0.4) is 0 Å². The molecule has 1 nitrogen and oxygen atoms in total. The maximum Gasteiger partial charge on any atom is 0.0714 e. The van der Waals surface area contributed by atoms with Crippen molar-refractivity contribution in [1.29, 1.82) is 0 Å². The third kappa shape index (κ3) is 3.50. The Balaban J connectivity index is 2.03. The first kappa shape index (κ1) is 17.2. The van der Waals surface area contributed by atoms with Gasteiger partial charge >= 0.3 is 0 Å². The predicted molar refractivity (Wildman–Crippen MR) is 116 cm³/mol. The standard InChI is InChI=1S/C23H15Br2N/c24-18-8-3-6-16(14-18)20-10-5-11-21(17-7-4-9-19(25)15-17)23(20)22-12-1-2-13-26-22/h1-15H. The van der Waals surface area contributed by atoms with Gasteiger partial charge in [-0.05, 0) is 58.7 Å². The smallest absolute Gasteiger partial charge is 0.0714 e. The van der Waals surface area contributed by atoms with E-state index in [1.54, 1.807) is 0 Å². The number of hydrogen-bond donors (Lipinski definition) is 0. The van der Waals surface area contributed by atoms with Gasteiger partial charge in [0.1, 0.15) is 0 Å². The third-order valence-corrected chi connectivity index (χ3v) is 5.24.